The fourth-order valence-electron chi connectivity index (χ4n) is 3.15. The van der Waals surface area contributed by atoms with E-state index in [-0.39, 0.29) is 11.5 Å². The maximum Gasteiger partial charge on any atom is 0.0712 e. The molecule has 1 fully saturated rings. The molecule has 2 heteroatoms. The molecule has 2 atom stereocenters. The van der Waals surface area contributed by atoms with Gasteiger partial charge in [0.15, 0.2) is 0 Å². The number of aliphatic hydroxyl groups is 1. The van der Waals surface area contributed by atoms with Crippen LogP contribution in [-0.2, 0) is 16.6 Å². The zero-order chi connectivity index (χ0) is 14.8. The van der Waals surface area contributed by atoms with Crippen molar-refractivity contribution < 1.29 is 9.84 Å². The van der Waals surface area contributed by atoms with Crippen LogP contribution < -0.4 is 0 Å². The average molecular weight is 276 g/mol. The molecule has 0 saturated heterocycles. The molecule has 0 aliphatic heterocycles. The normalized spacial score (nSPS) is 27.6. The molecule has 1 aromatic rings. The van der Waals surface area contributed by atoms with E-state index in [1.54, 1.807) is 7.11 Å². The van der Waals surface area contributed by atoms with Crippen molar-refractivity contribution in [2.75, 3.05) is 7.11 Å². The minimum atomic E-state index is -0.595. The van der Waals surface area contributed by atoms with Gasteiger partial charge in [0.2, 0.25) is 0 Å². The van der Waals surface area contributed by atoms with Crippen LogP contribution in [0.1, 0.15) is 57.6 Å². The van der Waals surface area contributed by atoms with Gasteiger partial charge >= 0.3 is 0 Å². The molecule has 1 aromatic carbocycles. The highest BCUT2D eigenvalue weighted by molar-refractivity contribution is 5.28. The highest BCUT2D eigenvalue weighted by Crippen LogP contribution is 2.33. The second-order valence-corrected chi connectivity index (χ2v) is 7.30. The van der Waals surface area contributed by atoms with E-state index in [9.17, 15) is 5.11 Å². The molecule has 2 unspecified atom stereocenters. The molecule has 1 saturated carbocycles. The van der Waals surface area contributed by atoms with Crippen LogP contribution in [0.3, 0.4) is 0 Å². The average Bonchev–Trinajstić information content (AvgIpc) is 2.37. The fraction of sp³-hybridized carbons (Fsp3) is 0.667. The Kier molecular flexibility index (Phi) is 4.55. The summed E-state index contributed by atoms with van der Waals surface area (Å²) in [5.41, 5.74) is 2.15. The summed E-state index contributed by atoms with van der Waals surface area (Å²) in [5, 5.41) is 10.8. The molecule has 0 bridgehead atoms. The number of hydrogen-bond acceptors (Lipinski definition) is 2. The topological polar surface area (TPSA) is 29.5 Å². The molecule has 0 spiro atoms. The Morgan fingerprint density at radius 1 is 1.25 bits per heavy atom. The van der Waals surface area contributed by atoms with E-state index >= 15 is 0 Å². The number of benzene rings is 1. The minimum absolute atomic E-state index is 0.182. The highest BCUT2D eigenvalue weighted by atomic mass is 16.5. The van der Waals surface area contributed by atoms with Crippen LogP contribution in [0.4, 0.5) is 0 Å². The molecule has 1 aliphatic carbocycles. The zero-order valence-electron chi connectivity index (χ0n) is 13.3. The van der Waals surface area contributed by atoms with Crippen molar-refractivity contribution >= 4 is 0 Å². The van der Waals surface area contributed by atoms with E-state index < -0.39 is 5.60 Å². The van der Waals surface area contributed by atoms with Crippen LogP contribution >= 0.6 is 0 Å². The van der Waals surface area contributed by atoms with Gasteiger partial charge in [-0.25, -0.2) is 0 Å². The Hall–Kier alpha value is -0.860. The minimum Gasteiger partial charge on any atom is -0.389 e. The summed E-state index contributed by atoms with van der Waals surface area (Å²) < 4.78 is 5.43. The van der Waals surface area contributed by atoms with Crippen molar-refractivity contribution in [1.82, 2.24) is 0 Å². The maximum absolute atomic E-state index is 10.8. The predicted octanol–water partition coefficient (Wildman–Crippen LogP) is 3.85. The second-order valence-electron chi connectivity index (χ2n) is 7.30. The lowest BCUT2D eigenvalue weighted by atomic mass is 9.78. The quantitative estimate of drug-likeness (QED) is 0.908. The molecule has 20 heavy (non-hydrogen) atoms. The first-order chi connectivity index (χ1) is 9.32. The molecule has 2 nitrogen and oxygen atoms in total. The standard InChI is InChI=1S/C18H28O2/c1-17(2,3)15-9-7-14(8-10-15)12-18(19)11-5-6-16(13-18)20-4/h7-10,16,19H,5-6,11-13H2,1-4H3. The third kappa shape index (κ3) is 3.83. The molecule has 0 aromatic heterocycles. The second kappa shape index (κ2) is 5.87. The molecule has 0 heterocycles. The van der Waals surface area contributed by atoms with Crippen LogP contribution in [0.2, 0.25) is 0 Å². The van der Waals surface area contributed by atoms with E-state index in [4.69, 9.17) is 4.74 Å². The van der Waals surface area contributed by atoms with Crippen molar-refractivity contribution in [3.63, 3.8) is 0 Å². The lowest BCUT2D eigenvalue weighted by Gasteiger charge is -2.36. The third-order valence-electron chi connectivity index (χ3n) is 4.46. The van der Waals surface area contributed by atoms with Crippen LogP contribution in [0, 0.1) is 0 Å². The lowest BCUT2D eigenvalue weighted by Crippen LogP contribution is -2.40. The first-order valence-corrected chi connectivity index (χ1v) is 7.67. The Bertz CT molecular complexity index is 430. The van der Waals surface area contributed by atoms with Gasteiger partial charge in [-0.15, -0.1) is 0 Å². The van der Waals surface area contributed by atoms with Gasteiger partial charge in [-0.05, 0) is 35.8 Å². The van der Waals surface area contributed by atoms with E-state index in [0.29, 0.717) is 0 Å². The SMILES string of the molecule is COC1CCCC(O)(Cc2ccc(C(C)(C)C)cc2)C1. The summed E-state index contributed by atoms with van der Waals surface area (Å²) in [6.07, 6.45) is 4.70. The third-order valence-corrected chi connectivity index (χ3v) is 4.46. The molecule has 112 valence electrons. The smallest absolute Gasteiger partial charge is 0.0712 e. The first kappa shape index (κ1) is 15.5. The van der Waals surface area contributed by atoms with Gasteiger partial charge in [0.05, 0.1) is 11.7 Å². The summed E-state index contributed by atoms with van der Waals surface area (Å²) in [4.78, 5) is 0. The van der Waals surface area contributed by atoms with E-state index in [1.165, 1.54) is 11.1 Å². The highest BCUT2D eigenvalue weighted by Gasteiger charge is 2.34. The van der Waals surface area contributed by atoms with Gasteiger partial charge < -0.3 is 9.84 Å². The van der Waals surface area contributed by atoms with Crippen molar-refractivity contribution in [2.45, 2.75) is 70.0 Å². The van der Waals surface area contributed by atoms with Gasteiger partial charge in [0, 0.05) is 20.0 Å². The zero-order valence-corrected chi connectivity index (χ0v) is 13.3. The largest absolute Gasteiger partial charge is 0.389 e. The number of methoxy groups -OCH3 is 1. The van der Waals surface area contributed by atoms with Gasteiger partial charge in [-0.1, -0.05) is 45.0 Å². The number of hydrogen-bond donors (Lipinski definition) is 1. The van der Waals surface area contributed by atoms with Crippen molar-refractivity contribution in [1.29, 1.82) is 0 Å². The summed E-state index contributed by atoms with van der Waals surface area (Å²) in [7, 11) is 1.74. The first-order valence-electron chi connectivity index (χ1n) is 7.67. The summed E-state index contributed by atoms with van der Waals surface area (Å²) in [6.45, 7) is 6.67. The number of ether oxygens (including phenoxy) is 1. The van der Waals surface area contributed by atoms with Crippen LogP contribution in [0.5, 0.6) is 0 Å². The fourth-order valence-corrected chi connectivity index (χ4v) is 3.15. The lowest BCUT2D eigenvalue weighted by molar-refractivity contribution is -0.0581. The van der Waals surface area contributed by atoms with Crippen LogP contribution in [-0.4, -0.2) is 23.9 Å². The maximum atomic E-state index is 10.8. The summed E-state index contributed by atoms with van der Waals surface area (Å²) in [5.74, 6) is 0. The number of rotatable bonds is 3. The monoisotopic (exact) mass is 276 g/mol. The Morgan fingerprint density at radius 2 is 1.90 bits per heavy atom. The van der Waals surface area contributed by atoms with Crippen LogP contribution in [0.15, 0.2) is 24.3 Å². The Balaban J connectivity index is 2.06. The van der Waals surface area contributed by atoms with Crippen molar-refractivity contribution in [2.24, 2.45) is 0 Å². The summed E-state index contributed by atoms with van der Waals surface area (Å²) in [6, 6.07) is 8.70. The van der Waals surface area contributed by atoms with E-state index in [1.807, 2.05) is 0 Å². The summed E-state index contributed by atoms with van der Waals surface area (Å²) >= 11 is 0. The van der Waals surface area contributed by atoms with Gasteiger partial charge in [0.1, 0.15) is 0 Å². The van der Waals surface area contributed by atoms with Gasteiger partial charge in [-0.2, -0.15) is 0 Å². The molecule has 2 rings (SSSR count). The molecular formula is C18H28O2. The van der Waals surface area contributed by atoms with Crippen LogP contribution in [0.25, 0.3) is 0 Å². The van der Waals surface area contributed by atoms with Gasteiger partial charge in [0.25, 0.3) is 0 Å². The van der Waals surface area contributed by atoms with E-state index in [2.05, 4.69) is 45.0 Å². The Morgan fingerprint density at radius 3 is 2.45 bits per heavy atom. The molecule has 1 aliphatic rings. The van der Waals surface area contributed by atoms with E-state index in [0.717, 1.165) is 32.1 Å². The van der Waals surface area contributed by atoms with Crippen molar-refractivity contribution in [3.05, 3.63) is 35.4 Å². The van der Waals surface area contributed by atoms with Gasteiger partial charge in [-0.3, -0.25) is 0 Å². The molecule has 1 N–H and O–H groups in total. The Labute approximate surface area is 123 Å². The molecule has 0 amide bonds. The molecular weight excluding hydrogens is 248 g/mol. The van der Waals surface area contributed by atoms with Crippen molar-refractivity contribution in [3.8, 4) is 0 Å². The predicted molar refractivity (Wildman–Crippen MR) is 83.1 cm³/mol. The molecule has 0 radical (unpaired) electrons.